The Bertz CT molecular complexity index is 551. The van der Waals surface area contributed by atoms with E-state index in [0.29, 0.717) is 11.1 Å². The van der Waals surface area contributed by atoms with E-state index in [2.05, 4.69) is 5.10 Å². The van der Waals surface area contributed by atoms with Gasteiger partial charge in [0.2, 0.25) is 0 Å². The third-order valence-electron chi connectivity index (χ3n) is 2.24. The van der Waals surface area contributed by atoms with Gasteiger partial charge in [-0.15, -0.1) is 0 Å². The van der Waals surface area contributed by atoms with Gasteiger partial charge in [-0.2, -0.15) is 5.10 Å². The third kappa shape index (κ3) is 2.31. The lowest BCUT2D eigenvalue weighted by atomic mass is 10.1. The first-order valence-corrected chi connectivity index (χ1v) is 5.93. The van der Waals surface area contributed by atoms with E-state index in [4.69, 9.17) is 5.11 Å². The van der Waals surface area contributed by atoms with Crippen LogP contribution in [0.25, 0.3) is 11.1 Å². The largest absolute Gasteiger partial charge is 0.476 e. The van der Waals surface area contributed by atoms with Gasteiger partial charge in [-0.05, 0) is 29.6 Å². The van der Waals surface area contributed by atoms with Gasteiger partial charge in [0, 0.05) is 18.0 Å². The van der Waals surface area contributed by atoms with Gasteiger partial charge in [0.05, 0.1) is 0 Å². The van der Waals surface area contributed by atoms with E-state index >= 15 is 0 Å². The van der Waals surface area contributed by atoms with E-state index in [1.807, 2.05) is 0 Å². The van der Waals surface area contributed by atoms with E-state index in [-0.39, 0.29) is 11.5 Å². The Balaban J connectivity index is 2.53. The molecule has 6 heteroatoms. The first-order chi connectivity index (χ1) is 8.11. The Morgan fingerprint density at radius 3 is 2.59 bits per heavy atom. The predicted molar refractivity (Wildman–Crippen MR) is 63.5 cm³/mol. The van der Waals surface area contributed by atoms with Crippen LogP contribution in [0, 0.1) is 5.82 Å². The summed E-state index contributed by atoms with van der Waals surface area (Å²) in [6, 6.07) is 5.64. The van der Waals surface area contributed by atoms with Gasteiger partial charge in [-0.25, -0.2) is 13.3 Å². The Hall–Kier alpha value is -1.82. The number of halogens is 1. The number of benzene rings is 1. The Labute approximate surface area is 101 Å². The maximum absolute atomic E-state index is 12.8. The topological polar surface area (TPSA) is 55.1 Å². The zero-order chi connectivity index (χ0) is 12.4. The number of carboxylic acids is 1. The second-order valence-corrected chi connectivity index (χ2v) is 4.03. The molecule has 0 saturated heterocycles. The van der Waals surface area contributed by atoms with Crippen molar-refractivity contribution in [2.24, 2.45) is 0 Å². The summed E-state index contributed by atoms with van der Waals surface area (Å²) in [5, 5.41) is 12.9. The molecule has 0 fully saturated rings. The minimum atomic E-state index is -1.10. The minimum absolute atomic E-state index is 0.0361. The number of carboxylic acid groups (broad SMARTS) is 1. The second-order valence-electron chi connectivity index (χ2n) is 3.29. The number of rotatable bonds is 3. The SMILES string of the molecule is CSn1cc(-c2ccc(F)cc2)c(C(=O)O)n1. The fraction of sp³-hybridized carbons (Fsp3) is 0.0909. The van der Waals surface area contributed by atoms with Crippen molar-refractivity contribution in [3.63, 3.8) is 0 Å². The van der Waals surface area contributed by atoms with Crippen molar-refractivity contribution in [1.82, 2.24) is 9.19 Å². The Kier molecular flexibility index (Phi) is 3.14. The molecule has 88 valence electrons. The van der Waals surface area contributed by atoms with Gasteiger partial charge in [0.15, 0.2) is 5.69 Å². The van der Waals surface area contributed by atoms with Gasteiger partial charge in [0.1, 0.15) is 5.82 Å². The number of hydrogen-bond donors (Lipinski definition) is 1. The molecule has 4 nitrogen and oxygen atoms in total. The molecule has 1 N–H and O–H groups in total. The summed E-state index contributed by atoms with van der Waals surface area (Å²) < 4.78 is 14.3. The monoisotopic (exact) mass is 252 g/mol. The molecule has 0 spiro atoms. The molecule has 0 saturated carbocycles. The molecule has 0 aliphatic heterocycles. The van der Waals surface area contributed by atoms with Gasteiger partial charge in [0.25, 0.3) is 0 Å². The van der Waals surface area contributed by atoms with E-state index in [9.17, 15) is 9.18 Å². The van der Waals surface area contributed by atoms with Crippen molar-refractivity contribution in [3.05, 3.63) is 42.0 Å². The van der Waals surface area contributed by atoms with Crippen molar-refractivity contribution in [1.29, 1.82) is 0 Å². The van der Waals surface area contributed by atoms with Crippen LogP contribution in [0.1, 0.15) is 10.5 Å². The van der Waals surface area contributed by atoms with Crippen LogP contribution >= 0.6 is 11.9 Å². The number of aromatic nitrogens is 2. The van der Waals surface area contributed by atoms with Crippen LogP contribution in [-0.4, -0.2) is 26.5 Å². The molecule has 1 aromatic carbocycles. The molecule has 0 atom stereocenters. The van der Waals surface area contributed by atoms with Crippen molar-refractivity contribution >= 4 is 17.9 Å². The first kappa shape index (κ1) is 11.7. The molecular formula is C11H9FN2O2S. The number of carbonyl (C=O) groups is 1. The highest BCUT2D eigenvalue weighted by molar-refractivity contribution is 7.97. The van der Waals surface area contributed by atoms with E-state index in [0.717, 1.165) is 0 Å². The van der Waals surface area contributed by atoms with E-state index < -0.39 is 5.97 Å². The molecule has 0 radical (unpaired) electrons. The normalized spacial score (nSPS) is 10.5. The number of nitrogens with zero attached hydrogens (tertiary/aromatic N) is 2. The summed E-state index contributed by atoms with van der Waals surface area (Å²) in [5.74, 6) is -1.46. The maximum atomic E-state index is 12.8. The summed E-state index contributed by atoms with van der Waals surface area (Å²) in [5.41, 5.74) is 1.07. The summed E-state index contributed by atoms with van der Waals surface area (Å²) in [6.45, 7) is 0. The molecule has 0 aliphatic carbocycles. The predicted octanol–water partition coefficient (Wildman–Crippen LogP) is 2.51. The van der Waals surface area contributed by atoms with Crippen LogP contribution in [0.4, 0.5) is 4.39 Å². The molecule has 0 aliphatic rings. The fourth-order valence-electron chi connectivity index (χ4n) is 1.45. The Morgan fingerprint density at radius 1 is 1.41 bits per heavy atom. The van der Waals surface area contributed by atoms with Gasteiger partial charge in [-0.3, -0.25) is 0 Å². The highest BCUT2D eigenvalue weighted by atomic mass is 32.2. The lowest BCUT2D eigenvalue weighted by Gasteiger charge is -1.98. The van der Waals surface area contributed by atoms with Crippen LogP contribution in [-0.2, 0) is 0 Å². The summed E-state index contributed by atoms with van der Waals surface area (Å²) in [7, 11) is 0. The van der Waals surface area contributed by atoms with E-state index in [1.54, 1.807) is 12.5 Å². The average molecular weight is 252 g/mol. The van der Waals surface area contributed by atoms with Crippen LogP contribution < -0.4 is 0 Å². The molecule has 1 heterocycles. The van der Waals surface area contributed by atoms with Crippen LogP contribution in [0.5, 0.6) is 0 Å². The first-order valence-electron chi connectivity index (χ1n) is 4.75. The smallest absolute Gasteiger partial charge is 0.357 e. The summed E-state index contributed by atoms with van der Waals surface area (Å²) in [4.78, 5) is 11.0. The molecule has 1 aromatic heterocycles. The minimum Gasteiger partial charge on any atom is -0.476 e. The van der Waals surface area contributed by atoms with Crippen LogP contribution in [0.15, 0.2) is 30.5 Å². The summed E-state index contributed by atoms with van der Waals surface area (Å²) >= 11 is 1.29. The van der Waals surface area contributed by atoms with E-state index in [1.165, 1.54) is 40.3 Å². The third-order valence-corrected chi connectivity index (χ3v) is 2.80. The van der Waals surface area contributed by atoms with Crippen molar-refractivity contribution < 1.29 is 14.3 Å². The van der Waals surface area contributed by atoms with Crippen molar-refractivity contribution in [2.45, 2.75) is 0 Å². The lowest BCUT2D eigenvalue weighted by Crippen LogP contribution is -2.00. The maximum Gasteiger partial charge on any atom is 0.357 e. The van der Waals surface area contributed by atoms with Gasteiger partial charge in [-0.1, -0.05) is 12.1 Å². The molecule has 17 heavy (non-hydrogen) atoms. The van der Waals surface area contributed by atoms with Crippen LogP contribution in [0.3, 0.4) is 0 Å². The summed E-state index contributed by atoms with van der Waals surface area (Å²) in [6.07, 6.45) is 3.40. The second kappa shape index (κ2) is 4.58. The molecule has 0 unspecified atom stereocenters. The molecular weight excluding hydrogens is 243 g/mol. The zero-order valence-electron chi connectivity index (χ0n) is 8.92. The zero-order valence-corrected chi connectivity index (χ0v) is 9.74. The highest BCUT2D eigenvalue weighted by Crippen LogP contribution is 2.24. The number of hydrogen-bond acceptors (Lipinski definition) is 3. The van der Waals surface area contributed by atoms with Crippen molar-refractivity contribution in [3.8, 4) is 11.1 Å². The molecule has 2 aromatic rings. The standard InChI is InChI=1S/C11H9FN2O2S/c1-17-14-6-9(10(13-14)11(15)16)7-2-4-8(12)5-3-7/h2-6H,1H3,(H,15,16). The lowest BCUT2D eigenvalue weighted by molar-refractivity contribution is 0.0691. The number of aromatic carboxylic acids is 1. The highest BCUT2D eigenvalue weighted by Gasteiger charge is 2.17. The van der Waals surface area contributed by atoms with Crippen molar-refractivity contribution in [2.75, 3.05) is 6.26 Å². The molecule has 0 amide bonds. The van der Waals surface area contributed by atoms with Gasteiger partial charge >= 0.3 is 5.97 Å². The molecule has 2 rings (SSSR count). The fourth-order valence-corrected chi connectivity index (χ4v) is 1.82. The Morgan fingerprint density at radius 2 is 2.06 bits per heavy atom. The quantitative estimate of drug-likeness (QED) is 0.912. The van der Waals surface area contributed by atoms with Gasteiger partial charge < -0.3 is 5.11 Å². The average Bonchev–Trinajstić information content (AvgIpc) is 2.74. The molecule has 0 bridgehead atoms. The van der Waals surface area contributed by atoms with Crippen LogP contribution in [0.2, 0.25) is 0 Å².